The van der Waals surface area contributed by atoms with Gasteiger partial charge >= 0.3 is 5.97 Å². The highest BCUT2D eigenvalue weighted by Gasteiger charge is 2.24. The van der Waals surface area contributed by atoms with Gasteiger partial charge in [-0.2, -0.15) is 0 Å². The molecule has 0 aromatic rings. The molecule has 372 valence electrons. The minimum Gasteiger partial charge on any atom is -0.462 e. The third-order valence-electron chi connectivity index (χ3n) is 13.0. The second kappa shape index (κ2) is 51.3. The smallest absolute Gasteiger partial charge is 0.306 e. The highest BCUT2D eigenvalue weighted by Crippen LogP contribution is 2.19. The fourth-order valence-corrected chi connectivity index (χ4v) is 8.76. The zero-order valence-corrected chi connectivity index (χ0v) is 42.5. The molecule has 3 N–H and O–H groups in total. The van der Waals surface area contributed by atoms with Crippen LogP contribution in [0.15, 0.2) is 24.3 Å². The summed E-state index contributed by atoms with van der Waals surface area (Å²) in [6.45, 7) is 6.49. The maximum Gasteiger partial charge on any atom is 0.306 e. The van der Waals surface area contributed by atoms with Crippen LogP contribution in [0.2, 0.25) is 0 Å². The molecule has 63 heavy (non-hydrogen) atoms. The summed E-state index contributed by atoms with van der Waals surface area (Å²) >= 11 is 0. The van der Waals surface area contributed by atoms with Gasteiger partial charge in [0.15, 0.2) is 0 Å². The molecule has 0 saturated carbocycles. The highest BCUT2D eigenvalue weighted by atomic mass is 16.5. The summed E-state index contributed by atoms with van der Waals surface area (Å²) in [5.41, 5.74) is 0. The summed E-state index contributed by atoms with van der Waals surface area (Å²) in [6.07, 6.45) is 59.5. The standard InChI is InChI=1S/C57H109NO5/c1-4-7-10-13-16-19-22-25-26-27-28-29-30-32-35-38-41-44-47-50-57(62)63-53(48-45-42-39-36-33-24-21-18-15-12-9-6-3)51-56(61)58-54(52-59)55(60)49-46-43-40-37-34-31-23-20-17-14-11-8-5-2/h16,19,25-26,53-55,59-60H,4-15,17-18,20-24,27-52H2,1-3H3,(H,58,61)/b19-16-,26-25-. The van der Waals surface area contributed by atoms with Crippen LogP contribution < -0.4 is 5.32 Å². The lowest BCUT2D eigenvalue weighted by Crippen LogP contribution is -2.46. The van der Waals surface area contributed by atoms with Gasteiger partial charge in [-0.25, -0.2) is 0 Å². The van der Waals surface area contributed by atoms with Crippen LogP contribution in [0.25, 0.3) is 0 Å². The van der Waals surface area contributed by atoms with Gasteiger partial charge in [0.2, 0.25) is 5.91 Å². The van der Waals surface area contributed by atoms with Gasteiger partial charge in [0.1, 0.15) is 6.10 Å². The molecule has 3 unspecified atom stereocenters. The van der Waals surface area contributed by atoms with Crippen molar-refractivity contribution in [1.82, 2.24) is 5.32 Å². The second-order valence-electron chi connectivity index (χ2n) is 19.3. The van der Waals surface area contributed by atoms with Crippen molar-refractivity contribution in [3.05, 3.63) is 24.3 Å². The van der Waals surface area contributed by atoms with Gasteiger partial charge in [-0.1, -0.05) is 257 Å². The Hall–Kier alpha value is -1.66. The van der Waals surface area contributed by atoms with Crippen LogP contribution >= 0.6 is 0 Å². The summed E-state index contributed by atoms with van der Waals surface area (Å²) in [5.74, 6) is -0.461. The van der Waals surface area contributed by atoms with E-state index in [9.17, 15) is 19.8 Å². The van der Waals surface area contributed by atoms with Gasteiger partial charge in [0, 0.05) is 6.42 Å². The average molecular weight is 889 g/mol. The molecule has 3 atom stereocenters. The van der Waals surface area contributed by atoms with Crippen LogP contribution in [0.1, 0.15) is 303 Å². The van der Waals surface area contributed by atoms with Gasteiger partial charge in [-0.05, 0) is 57.8 Å². The van der Waals surface area contributed by atoms with Crippen molar-refractivity contribution in [2.24, 2.45) is 0 Å². The Labute approximate surface area is 392 Å². The molecule has 6 heteroatoms. The molecule has 0 rings (SSSR count). The van der Waals surface area contributed by atoms with E-state index >= 15 is 0 Å². The molecule has 0 bridgehead atoms. The fraction of sp³-hybridized carbons (Fsp3) is 0.895. The Morgan fingerprint density at radius 3 is 1.24 bits per heavy atom. The third kappa shape index (κ3) is 46.7. The van der Waals surface area contributed by atoms with Gasteiger partial charge in [0.05, 0.1) is 25.2 Å². The van der Waals surface area contributed by atoms with E-state index in [1.807, 2.05) is 0 Å². The van der Waals surface area contributed by atoms with E-state index in [0.29, 0.717) is 19.3 Å². The number of amides is 1. The van der Waals surface area contributed by atoms with Crippen LogP contribution in [-0.2, 0) is 14.3 Å². The SMILES string of the molecule is CCCCC/C=C\C/C=C\CCCCCCCCCCCC(=O)OC(CCCCCCCCCCCCCC)CC(=O)NC(CO)C(O)CCCCCCCCCCCCCCC. The largest absolute Gasteiger partial charge is 0.462 e. The molecule has 0 fully saturated rings. The minimum atomic E-state index is -0.783. The van der Waals surface area contributed by atoms with E-state index in [4.69, 9.17) is 4.74 Å². The molecule has 0 aliphatic carbocycles. The third-order valence-corrected chi connectivity index (χ3v) is 13.0. The van der Waals surface area contributed by atoms with E-state index in [0.717, 1.165) is 51.4 Å². The van der Waals surface area contributed by atoms with Crippen molar-refractivity contribution in [3.63, 3.8) is 0 Å². The lowest BCUT2D eigenvalue weighted by molar-refractivity contribution is -0.151. The quantitative estimate of drug-likeness (QED) is 0.0321. The van der Waals surface area contributed by atoms with Gasteiger partial charge in [-0.15, -0.1) is 0 Å². The molecule has 0 radical (unpaired) electrons. The van der Waals surface area contributed by atoms with Crippen LogP contribution in [0, 0.1) is 0 Å². The first-order valence-corrected chi connectivity index (χ1v) is 28.1. The minimum absolute atomic E-state index is 0.0819. The normalized spacial score (nSPS) is 13.3. The predicted octanol–water partition coefficient (Wildman–Crippen LogP) is 17.1. The maximum absolute atomic E-state index is 13.2. The monoisotopic (exact) mass is 888 g/mol. The number of aliphatic hydroxyl groups excluding tert-OH is 2. The first-order valence-electron chi connectivity index (χ1n) is 28.1. The number of carbonyl (C=O) groups excluding carboxylic acids is 2. The van der Waals surface area contributed by atoms with Gasteiger partial charge in [0.25, 0.3) is 0 Å². The molecular weight excluding hydrogens is 779 g/mol. The first-order chi connectivity index (χ1) is 31.0. The first kappa shape index (κ1) is 61.3. The molecule has 1 amide bonds. The molecule has 0 aromatic carbocycles. The Morgan fingerprint density at radius 1 is 0.460 bits per heavy atom. The summed E-state index contributed by atoms with van der Waals surface area (Å²) in [5, 5.41) is 23.8. The maximum atomic E-state index is 13.2. The molecule has 0 heterocycles. The fourth-order valence-electron chi connectivity index (χ4n) is 8.76. The van der Waals surface area contributed by atoms with Gasteiger partial charge < -0.3 is 20.3 Å². The Kier molecular flexibility index (Phi) is 50.0. The van der Waals surface area contributed by atoms with E-state index in [2.05, 4.69) is 50.4 Å². The van der Waals surface area contributed by atoms with Crippen LogP contribution in [-0.4, -0.2) is 46.9 Å². The number of aliphatic hydroxyl groups is 2. The lowest BCUT2D eigenvalue weighted by Gasteiger charge is -2.24. The van der Waals surface area contributed by atoms with Crippen molar-refractivity contribution in [2.45, 2.75) is 322 Å². The molecule has 0 aliphatic heterocycles. The summed E-state index contributed by atoms with van der Waals surface area (Å²) in [6, 6.07) is -0.697. The Morgan fingerprint density at radius 2 is 0.810 bits per heavy atom. The Bertz CT molecular complexity index is 997. The van der Waals surface area contributed by atoms with Crippen molar-refractivity contribution < 1.29 is 24.5 Å². The number of carbonyl (C=O) groups is 2. The zero-order chi connectivity index (χ0) is 45.9. The molecule has 0 spiro atoms. The number of ether oxygens (including phenoxy) is 1. The number of allylic oxidation sites excluding steroid dienone is 4. The van der Waals surface area contributed by atoms with Crippen molar-refractivity contribution in [3.8, 4) is 0 Å². The number of esters is 1. The van der Waals surface area contributed by atoms with E-state index in [-0.39, 0.29) is 24.9 Å². The molecular formula is C57H109NO5. The molecule has 0 aliphatic rings. The Balaban J connectivity index is 4.47. The number of hydrogen-bond acceptors (Lipinski definition) is 5. The van der Waals surface area contributed by atoms with E-state index in [1.165, 1.54) is 205 Å². The van der Waals surface area contributed by atoms with E-state index in [1.54, 1.807) is 0 Å². The number of nitrogens with one attached hydrogen (secondary N) is 1. The van der Waals surface area contributed by atoms with Crippen molar-refractivity contribution >= 4 is 11.9 Å². The molecule has 0 saturated heterocycles. The summed E-state index contributed by atoms with van der Waals surface area (Å²) in [7, 11) is 0. The molecule has 0 aromatic heterocycles. The summed E-state index contributed by atoms with van der Waals surface area (Å²) in [4.78, 5) is 26.2. The predicted molar refractivity (Wildman–Crippen MR) is 273 cm³/mol. The summed E-state index contributed by atoms with van der Waals surface area (Å²) < 4.78 is 5.95. The topological polar surface area (TPSA) is 95.9 Å². The van der Waals surface area contributed by atoms with Crippen molar-refractivity contribution in [1.29, 1.82) is 0 Å². The lowest BCUT2D eigenvalue weighted by atomic mass is 10.0. The number of rotatable bonds is 51. The highest BCUT2D eigenvalue weighted by molar-refractivity contribution is 5.77. The number of unbranched alkanes of at least 4 members (excludes halogenated alkanes) is 35. The van der Waals surface area contributed by atoms with E-state index < -0.39 is 18.2 Å². The average Bonchev–Trinajstić information content (AvgIpc) is 3.28. The number of hydrogen-bond donors (Lipinski definition) is 3. The van der Waals surface area contributed by atoms with Crippen molar-refractivity contribution in [2.75, 3.05) is 6.61 Å². The van der Waals surface area contributed by atoms with Crippen LogP contribution in [0.4, 0.5) is 0 Å². The van der Waals surface area contributed by atoms with Gasteiger partial charge in [-0.3, -0.25) is 9.59 Å². The second-order valence-corrected chi connectivity index (χ2v) is 19.3. The molecule has 6 nitrogen and oxygen atoms in total. The van der Waals surface area contributed by atoms with Crippen LogP contribution in [0.5, 0.6) is 0 Å². The van der Waals surface area contributed by atoms with Crippen LogP contribution in [0.3, 0.4) is 0 Å². The zero-order valence-electron chi connectivity index (χ0n) is 42.5.